The predicted octanol–water partition coefficient (Wildman–Crippen LogP) is 1.77. The van der Waals surface area contributed by atoms with Gasteiger partial charge in [-0.2, -0.15) is 9.65 Å². The molecule has 0 bridgehead atoms. The second-order valence-corrected chi connectivity index (χ2v) is 7.34. The van der Waals surface area contributed by atoms with E-state index in [1.807, 2.05) is 17.0 Å². The summed E-state index contributed by atoms with van der Waals surface area (Å²) in [5.74, 6) is -0.298. The van der Waals surface area contributed by atoms with Crippen molar-refractivity contribution in [3.8, 4) is 6.07 Å². The third-order valence-corrected chi connectivity index (χ3v) is 5.80. The maximum absolute atomic E-state index is 13.5. The molecule has 1 atom stereocenters. The van der Waals surface area contributed by atoms with Gasteiger partial charge < -0.3 is 14.9 Å². The monoisotopic (exact) mass is 358 g/mol. The predicted molar refractivity (Wildman–Crippen MR) is 90.2 cm³/mol. The quantitative estimate of drug-likeness (QED) is 0.885. The number of carbonyl (C=O) groups is 1. The first-order valence-corrected chi connectivity index (χ1v) is 8.70. The number of carbonyl (C=O) groups excluding carboxylic acids is 1. The van der Waals surface area contributed by atoms with Gasteiger partial charge in [-0.05, 0) is 30.2 Å². The molecule has 1 aromatic heterocycles. The third-order valence-electron chi connectivity index (χ3n) is 4.99. The Kier molecular flexibility index (Phi) is 3.71. The van der Waals surface area contributed by atoms with Crippen molar-refractivity contribution in [3.63, 3.8) is 0 Å². The van der Waals surface area contributed by atoms with E-state index in [9.17, 15) is 14.4 Å². The summed E-state index contributed by atoms with van der Waals surface area (Å²) in [7, 11) is 0. The Bertz CT molecular complexity index is 893. The molecule has 0 aliphatic carbocycles. The van der Waals surface area contributed by atoms with Gasteiger partial charge in [0.2, 0.25) is 5.91 Å². The Labute approximate surface area is 147 Å². The van der Waals surface area contributed by atoms with Crippen molar-refractivity contribution >= 4 is 28.1 Å². The van der Waals surface area contributed by atoms with Crippen LogP contribution < -0.4 is 4.90 Å². The number of rotatable bonds is 2. The maximum atomic E-state index is 13.5. The number of amides is 1. The highest BCUT2D eigenvalue weighted by molar-refractivity contribution is 7.14. The van der Waals surface area contributed by atoms with Crippen LogP contribution in [0.3, 0.4) is 0 Å². The number of aliphatic hydroxyl groups is 1. The van der Waals surface area contributed by atoms with Crippen LogP contribution in [0.5, 0.6) is 0 Å². The molecule has 1 saturated heterocycles. The van der Waals surface area contributed by atoms with Crippen LogP contribution >= 0.6 is 11.3 Å². The molecule has 4 rings (SSSR count). The molecule has 1 fully saturated rings. The minimum atomic E-state index is -0.511. The average molecular weight is 358 g/mol. The van der Waals surface area contributed by atoms with E-state index in [1.54, 1.807) is 11.0 Å². The number of nitriles is 1. The Morgan fingerprint density at radius 2 is 2.32 bits per heavy atom. The molecule has 1 spiro atoms. The van der Waals surface area contributed by atoms with Gasteiger partial charge in [0.25, 0.3) is 0 Å². The van der Waals surface area contributed by atoms with Crippen molar-refractivity contribution in [2.45, 2.75) is 11.8 Å². The first-order chi connectivity index (χ1) is 12.1. The first kappa shape index (κ1) is 16.0. The topological polar surface area (TPSA) is 80.5 Å². The molecule has 0 radical (unpaired) electrons. The van der Waals surface area contributed by atoms with Gasteiger partial charge in [0.1, 0.15) is 6.61 Å². The summed E-state index contributed by atoms with van der Waals surface area (Å²) in [4.78, 5) is 19.6. The summed E-state index contributed by atoms with van der Waals surface area (Å²) in [6.45, 7) is 1.08. The zero-order valence-corrected chi connectivity index (χ0v) is 14.1. The number of likely N-dealkylation sites (tertiary alicyclic amines) is 1. The van der Waals surface area contributed by atoms with Gasteiger partial charge in [-0.15, -0.1) is 0 Å². The van der Waals surface area contributed by atoms with Crippen LogP contribution in [-0.4, -0.2) is 47.1 Å². The number of thiazole rings is 1. The fourth-order valence-corrected chi connectivity index (χ4v) is 4.47. The van der Waals surface area contributed by atoms with Crippen molar-refractivity contribution in [2.75, 3.05) is 31.1 Å². The van der Waals surface area contributed by atoms with Gasteiger partial charge in [0.15, 0.2) is 10.3 Å². The molecule has 1 N–H and O–H groups in total. The van der Waals surface area contributed by atoms with E-state index in [2.05, 4.69) is 11.1 Å². The Balaban J connectivity index is 1.78. The molecule has 128 valence electrons. The summed E-state index contributed by atoms with van der Waals surface area (Å²) in [6, 6.07) is 7.60. The molecule has 2 aliphatic heterocycles. The van der Waals surface area contributed by atoms with E-state index in [0.717, 1.165) is 29.0 Å². The zero-order valence-electron chi connectivity index (χ0n) is 13.3. The highest BCUT2D eigenvalue weighted by Gasteiger charge is 2.49. The fraction of sp³-hybridized carbons (Fsp3) is 0.353. The standard InChI is InChI=1S/C17H15FN4O2S/c18-14-7-20-16(25-14)22-10-17(3-4-21(9-17)15(24)8-23)12-5-11(6-19)1-2-13(12)22/h1-2,5,7,23H,3-4,8-10H2. The van der Waals surface area contributed by atoms with Crippen molar-refractivity contribution in [3.05, 3.63) is 40.7 Å². The largest absolute Gasteiger partial charge is 0.387 e. The van der Waals surface area contributed by atoms with E-state index in [4.69, 9.17) is 5.11 Å². The number of anilines is 2. The number of benzene rings is 1. The van der Waals surface area contributed by atoms with E-state index in [-0.39, 0.29) is 16.5 Å². The van der Waals surface area contributed by atoms with Gasteiger partial charge in [-0.3, -0.25) is 4.79 Å². The maximum Gasteiger partial charge on any atom is 0.248 e. The van der Waals surface area contributed by atoms with Crippen LogP contribution in [0.25, 0.3) is 0 Å². The second-order valence-electron chi connectivity index (χ2n) is 6.38. The number of hydrogen-bond acceptors (Lipinski definition) is 6. The minimum absolute atomic E-state index is 0.298. The van der Waals surface area contributed by atoms with Crippen LogP contribution in [0.15, 0.2) is 24.4 Å². The van der Waals surface area contributed by atoms with Crippen LogP contribution in [0, 0.1) is 16.5 Å². The molecule has 1 aromatic carbocycles. The molecule has 1 amide bonds. The lowest BCUT2D eigenvalue weighted by atomic mass is 9.81. The lowest BCUT2D eigenvalue weighted by Gasteiger charge is -2.25. The number of fused-ring (bicyclic) bond motifs is 2. The number of hydrogen-bond donors (Lipinski definition) is 1. The number of halogens is 1. The smallest absolute Gasteiger partial charge is 0.248 e. The van der Waals surface area contributed by atoms with Gasteiger partial charge in [-0.1, -0.05) is 11.3 Å². The highest BCUT2D eigenvalue weighted by Crippen LogP contribution is 2.49. The van der Waals surface area contributed by atoms with Crippen LogP contribution in [0.2, 0.25) is 0 Å². The van der Waals surface area contributed by atoms with Crippen LogP contribution in [0.4, 0.5) is 15.2 Å². The lowest BCUT2D eigenvalue weighted by molar-refractivity contribution is -0.133. The van der Waals surface area contributed by atoms with Crippen LogP contribution in [-0.2, 0) is 10.2 Å². The van der Waals surface area contributed by atoms with E-state index in [1.165, 1.54) is 6.20 Å². The van der Waals surface area contributed by atoms with Gasteiger partial charge >= 0.3 is 0 Å². The number of nitrogens with zero attached hydrogens (tertiary/aromatic N) is 4. The molecule has 1 unspecified atom stereocenters. The van der Waals surface area contributed by atoms with E-state index >= 15 is 0 Å². The molecule has 0 saturated carbocycles. The summed E-state index contributed by atoms with van der Waals surface area (Å²) in [5, 5.41) is 18.6. The Hall–Kier alpha value is -2.50. The SMILES string of the molecule is N#Cc1ccc2c(c1)C1(CCN(C(=O)CO)C1)CN2c1ncc(F)s1. The second kappa shape index (κ2) is 5.79. The molecule has 6 nitrogen and oxygen atoms in total. The van der Waals surface area contributed by atoms with E-state index < -0.39 is 6.61 Å². The van der Waals surface area contributed by atoms with Crippen molar-refractivity contribution in [2.24, 2.45) is 0 Å². The molecule has 3 heterocycles. The van der Waals surface area contributed by atoms with Gasteiger partial charge in [-0.25, -0.2) is 4.98 Å². The van der Waals surface area contributed by atoms with Gasteiger partial charge in [0, 0.05) is 30.7 Å². The lowest BCUT2D eigenvalue weighted by Crippen LogP contribution is -2.38. The van der Waals surface area contributed by atoms with E-state index in [0.29, 0.717) is 30.3 Å². The van der Waals surface area contributed by atoms with Crippen molar-refractivity contribution in [1.29, 1.82) is 5.26 Å². The first-order valence-electron chi connectivity index (χ1n) is 7.88. The van der Waals surface area contributed by atoms with Gasteiger partial charge in [0.05, 0.1) is 17.8 Å². The molecule has 8 heteroatoms. The third kappa shape index (κ3) is 2.47. The summed E-state index contributed by atoms with van der Waals surface area (Å²) >= 11 is 0.975. The van der Waals surface area contributed by atoms with Crippen molar-refractivity contribution in [1.82, 2.24) is 9.88 Å². The fourth-order valence-electron chi connectivity index (χ4n) is 3.81. The van der Waals surface area contributed by atoms with Crippen molar-refractivity contribution < 1.29 is 14.3 Å². The molecule has 2 aromatic rings. The Morgan fingerprint density at radius 1 is 1.48 bits per heavy atom. The molecular formula is C17H15FN4O2S. The zero-order chi connectivity index (χ0) is 17.6. The summed E-state index contributed by atoms with van der Waals surface area (Å²) in [5.41, 5.74) is 2.09. The number of aromatic nitrogens is 1. The number of aliphatic hydroxyl groups excluding tert-OH is 1. The minimum Gasteiger partial charge on any atom is -0.387 e. The molecule has 2 aliphatic rings. The molecule has 25 heavy (non-hydrogen) atoms. The molecular weight excluding hydrogens is 343 g/mol. The summed E-state index contributed by atoms with van der Waals surface area (Å²) < 4.78 is 13.5. The summed E-state index contributed by atoms with van der Waals surface area (Å²) in [6.07, 6.45) is 1.93. The highest BCUT2D eigenvalue weighted by atomic mass is 32.1. The van der Waals surface area contributed by atoms with Crippen LogP contribution in [0.1, 0.15) is 17.5 Å². The average Bonchev–Trinajstić information content (AvgIpc) is 3.33. The normalized spacial score (nSPS) is 21.6. The Morgan fingerprint density at radius 3 is 3.00 bits per heavy atom.